The number of aliphatic carboxylic acids is 1. The van der Waals surface area contributed by atoms with Crippen molar-refractivity contribution in [3.63, 3.8) is 0 Å². The molecule has 7 nitrogen and oxygen atoms in total. The van der Waals surface area contributed by atoms with Crippen molar-refractivity contribution < 1.29 is 14.7 Å². The van der Waals surface area contributed by atoms with Gasteiger partial charge in [-0.3, -0.25) is 19.5 Å². The van der Waals surface area contributed by atoms with Crippen molar-refractivity contribution in [2.24, 2.45) is 5.92 Å². The number of carbonyl (C=O) groups excluding carboxylic acids is 1. The highest BCUT2D eigenvalue weighted by Crippen LogP contribution is 2.27. The van der Waals surface area contributed by atoms with Crippen LogP contribution in [0.1, 0.15) is 19.8 Å². The highest BCUT2D eigenvalue weighted by molar-refractivity contribution is 5.75. The van der Waals surface area contributed by atoms with Gasteiger partial charge >= 0.3 is 5.97 Å². The fourth-order valence-corrected chi connectivity index (χ4v) is 3.71. The van der Waals surface area contributed by atoms with Crippen molar-refractivity contribution in [2.45, 2.75) is 25.9 Å². The van der Waals surface area contributed by atoms with E-state index in [-0.39, 0.29) is 18.0 Å². The van der Waals surface area contributed by atoms with Crippen LogP contribution in [0.2, 0.25) is 0 Å². The average molecular weight is 332 g/mol. The van der Waals surface area contributed by atoms with Crippen LogP contribution in [-0.4, -0.2) is 70.7 Å². The van der Waals surface area contributed by atoms with Gasteiger partial charge in [-0.1, -0.05) is 0 Å². The Kier molecular flexibility index (Phi) is 4.99. The van der Waals surface area contributed by atoms with Crippen LogP contribution in [0.5, 0.6) is 0 Å². The van der Waals surface area contributed by atoms with Gasteiger partial charge in [0.15, 0.2) is 0 Å². The molecule has 2 atom stereocenters. The smallest absolute Gasteiger partial charge is 0.306 e. The number of likely N-dealkylation sites (tertiary alicyclic amines) is 1. The maximum atomic E-state index is 11.9. The molecule has 0 aromatic carbocycles. The summed E-state index contributed by atoms with van der Waals surface area (Å²) in [5.41, 5.74) is 1.15. The van der Waals surface area contributed by atoms with Crippen LogP contribution in [0, 0.1) is 5.92 Å². The number of carboxylic acids is 1. The summed E-state index contributed by atoms with van der Waals surface area (Å²) in [5.74, 6) is -1.08. The third kappa shape index (κ3) is 3.51. The van der Waals surface area contributed by atoms with Gasteiger partial charge in [-0.15, -0.1) is 0 Å². The molecule has 1 aromatic heterocycles. The number of anilines is 1. The number of hydrogen-bond acceptors (Lipinski definition) is 5. The molecular weight excluding hydrogens is 308 g/mol. The Morgan fingerprint density at radius 3 is 2.38 bits per heavy atom. The Balaban J connectivity index is 1.66. The quantitative estimate of drug-likeness (QED) is 0.885. The molecule has 3 rings (SSSR count). The molecule has 7 heteroatoms. The lowest BCUT2D eigenvalue weighted by Gasteiger charge is -2.47. The minimum atomic E-state index is -0.751. The van der Waals surface area contributed by atoms with E-state index >= 15 is 0 Å². The molecule has 130 valence electrons. The topological polar surface area (TPSA) is 77.0 Å². The van der Waals surface area contributed by atoms with E-state index in [0.717, 1.165) is 31.9 Å². The Labute approximate surface area is 141 Å². The summed E-state index contributed by atoms with van der Waals surface area (Å²) in [6.45, 7) is 5.48. The number of piperazine rings is 1. The highest BCUT2D eigenvalue weighted by atomic mass is 16.4. The molecule has 2 aliphatic heterocycles. The van der Waals surface area contributed by atoms with Crippen molar-refractivity contribution in [1.82, 2.24) is 14.8 Å². The van der Waals surface area contributed by atoms with Crippen LogP contribution in [0.3, 0.4) is 0 Å². The van der Waals surface area contributed by atoms with Crippen molar-refractivity contribution in [3.05, 3.63) is 24.5 Å². The number of carboxylic acid groups (broad SMARTS) is 1. The number of pyridine rings is 1. The molecule has 24 heavy (non-hydrogen) atoms. The second-order valence-corrected chi connectivity index (χ2v) is 6.48. The molecule has 0 radical (unpaired) electrons. The molecule has 2 aliphatic rings. The van der Waals surface area contributed by atoms with Gasteiger partial charge in [-0.25, -0.2) is 0 Å². The van der Waals surface area contributed by atoms with Crippen molar-refractivity contribution in [2.75, 3.05) is 37.6 Å². The molecule has 0 spiro atoms. The van der Waals surface area contributed by atoms with Gasteiger partial charge in [0.1, 0.15) is 0 Å². The standard InChI is InChI=1S/C17H24N4O3/c1-13(22)21-7-4-14(17(23)24)12-16(21)20-10-8-19(9-11-20)15-2-5-18-6-3-15/h2-3,5-6,14,16H,4,7-12H2,1H3,(H,23,24). The molecule has 1 N–H and O–H groups in total. The number of hydrogen-bond donors (Lipinski definition) is 1. The number of amides is 1. The summed E-state index contributed by atoms with van der Waals surface area (Å²) >= 11 is 0. The predicted molar refractivity (Wildman–Crippen MR) is 89.6 cm³/mol. The maximum absolute atomic E-state index is 11.9. The Bertz CT molecular complexity index is 587. The van der Waals surface area contributed by atoms with Crippen LogP contribution in [0.25, 0.3) is 0 Å². The predicted octanol–water partition coefficient (Wildman–Crippen LogP) is 0.873. The number of carbonyl (C=O) groups is 2. The normalized spacial score (nSPS) is 25.5. The van der Waals surface area contributed by atoms with Crippen molar-refractivity contribution in [1.29, 1.82) is 0 Å². The van der Waals surface area contributed by atoms with E-state index in [1.165, 1.54) is 0 Å². The number of aromatic nitrogens is 1. The van der Waals surface area contributed by atoms with E-state index in [0.29, 0.717) is 19.4 Å². The zero-order chi connectivity index (χ0) is 17.1. The van der Waals surface area contributed by atoms with Crippen LogP contribution in [0.4, 0.5) is 5.69 Å². The van der Waals surface area contributed by atoms with Crippen molar-refractivity contribution >= 4 is 17.6 Å². The van der Waals surface area contributed by atoms with Gasteiger partial charge in [-0.05, 0) is 25.0 Å². The summed E-state index contributed by atoms with van der Waals surface area (Å²) < 4.78 is 0. The molecular formula is C17H24N4O3. The summed E-state index contributed by atoms with van der Waals surface area (Å²) in [4.78, 5) is 33.7. The molecule has 2 unspecified atom stereocenters. The summed E-state index contributed by atoms with van der Waals surface area (Å²) in [5, 5.41) is 9.33. The Hall–Kier alpha value is -2.15. The van der Waals surface area contributed by atoms with Gasteiger partial charge in [-0.2, -0.15) is 0 Å². The average Bonchev–Trinajstić information content (AvgIpc) is 2.62. The first kappa shape index (κ1) is 16.7. The summed E-state index contributed by atoms with van der Waals surface area (Å²) in [6.07, 6.45) is 4.54. The van der Waals surface area contributed by atoms with Gasteiger partial charge in [0.2, 0.25) is 5.91 Å². The third-order valence-electron chi connectivity index (χ3n) is 5.09. The molecule has 0 bridgehead atoms. The van der Waals surface area contributed by atoms with Crippen LogP contribution >= 0.6 is 0 Å². The van der Waals surface area contributed by atoms with Crippen molar-refractivity contribution in [3.8, 4) is 0 Å². The first-order chi connectivity index (χ1) is 11.6. The van der Waals surface area contributed by atoms with Gasteiger partial charge in [0.05, 0.1) is 12.1 Å². The Morgan fingerprint density at radius 2 is 1.79 bits per heavy atom. The monoisotopic (exact) mass is 332 g/mol. The van der Waals surface area contributed by atoms with E-state index < -0.39 is 5.97 Å². The molecule has 0 aliphatic carbocycles. The first-order valence-corrected chi connectivity index (χ1v) is 8.45. The van der Waals surface area contributed by atoms with Crippen LogP contribution < -0.4 is 4.90 Å². The number of piperidine rings is 1. The van der Waals surface area contributed by atoms with Gasteiger partial charge in [0, 0.05) is 57.7 Å². The fourth-order valence-electron chi connectivity index (χ4n) is 3.71. The minimum absolute atomic E-state index is 0.0282. The zero-order valence-electron chi connectivity index (χ0n) is 14.0. The molecule has 2 fully saturated rings. The molecule has 1 aromatic rings. The van der Waals surface area contributed by atoms with Crippen LogP contribution in [-0.2, 0) is 9.59 Å². The lowest BCUT2D eigenvalue weighted by molar-refractivity contribution is -0.151. The van der Waals surface area contributed by atoms with E-state index in [1.807, 2.05) is 17.0 Å². The lowest BCUT2D eigenvalue weighted by atomic mass is 9.93. The molecule has 1 amide bonds. The van der Waals surface area contributed by atoms with Gasteiger partial charge in [0.25, 0.3) is 0 Å². The first-order valence-electron chi connectivity index (χ1n) is 8.45. The second kappa shape index (κ2) is 7.17. The molecule has 2 saturated heterocycles. The highest BCUT2D eigenvalue weighted by Gasteiger charge is 2.37. The largest absolute Gasteiger partial charge is 0.481 e. The lowest BCUT2D eigenvalue weighted by Crippen LogP contribution is -2.59. The number of nitrogens with zero attached hydrogens (tertiary/aromatic N) is 4. The SMILES string of the molecule is CC(=O)N1CCC(C(=O)O)CC1N1CCN(c2ccncc2)CC1. The zero-order valence-corrected chi connectivity index (χ0v) is 14.0. The van der Waals surface area contributed by atoms with E-state index in [2.05, 4.69) is 14.8 Å². The molecule has 0 saturated carbocycles. The summed E-state index contributed by atoms with van der Waals surface area (Å²) in [6, 6.07) is 4.00. The van der Waals surface area contributed by atoms with E-state index in [9.17, 15) is 14.7 Å². The third-order valence-corrected chi connectivity index (χ3v) is 5.09. The van der Waals surface area contributed by atoms with E-state index in [4.69, 9.17) is 0 Å². The fraction of sp³-hybridized carbons (Fsp3) is 0.588. The maximum Gasteiger partial charge on any atom is 0.306 e. The molecule has 3 heterocycles. The summed E-state index contributed by atoms with van der Waals surface area (Å²) in [7, 11) is 0. The minimum Gasteiger partial charge on any atom is -0.481 e. The Morgan fingerprint density at radius 1 is 1.12 bits per heavy atom. The number of rotatable bonds is 3. The van der Waals surface area contributed by atoms with Crippen LogP contribution in [0.15, 0.2) is 24.5 Å². The van der Waals surface area contributed by atoms with E-state index in [1.54, 1.807) is 19.3 Å². The second-order valence-electron chi connectivity index (χ2n) is 6.48. The van der Waals surface area contributed by atoms with Gasteiger partial charge < -0.3 is 14.9 Å².